The van der Waals surface area contributed by atoms with Crippen LogP contribution in [0.1, 0.15) is 0 Å². The maximum atomic E-state index is 12.8. The number of nitrogens with zero attached hydrogens (tertiary/aromatic N) is 3. The SMILES string of the molecule is COc1ccc2ncn(-c3ccc(F)nc3)c(=O)c2c1. The van der Waals surface area contributed by atoms with Crippen LogP contribution in [-0.4, -0.2) is 21.6 Å². The van der Waals surface area contributed by atoms with Crippen LogP contribution in [-0.2, 0) is 0 Å². The number of hydrogen-bond donors (Lipinski definition) is 0. The van der Waals surface area contributed by atoms with E-state index in [1.54, 1.807) is 18.2 Å². The van der Waals surface area contributed by atoms with Crippen molar-refractivity contribution in [2.45, 2.75) is 0 Å². The van der Waals surface area contributed by atoms with Crippen molar-refractivity contribution in [2.75, 3.05) is 7.11 Å². The number of benzene rings is 1. The van der Waals surface area contributed by atoms with Crippen molar-refractivity contribution < 1.29 is 9.13 Å². The van der Waals surface area contributed by atoms with Gasteiger partial charge in [-0.1, -0.05) is 0 Å². The largest absolute Gasteiger partial charge is 0.497 e. The summed E-state index contributed by atoms with van der Waals surface area (Å²) in [6.45, 7) is 0. The minimum atomic E-state index is -0.600. The maximum absolute atomic E-state index is 12.8. The first-order chi connectivity index (χ1) is 9.69. The molecule has 0 spiro atoms. The van der Waals surface area contributed by atoms with Gasteiger partial charge in [0, 0.05) is 0 Å². The molecule has 0 unspecified atom stereocenters. The first-order valence-electron chi connectivity index (χ1n) is 5.86. The fraction of sp³-hybridized carbons (Fsp3) is 0.0714. The third-order valence-electron chi connectivity index (χ3n) is 2.96. The number of rotatable bonds is 2. The molecule has 3 rings (SSSR count). The van der Waals surface area contributed by atoms with Crippen LogP contribution in [0.25, 0.3) is 16.6 Å². The van der Waals surface area contributed by atoms with Crippen LogP contribution in [0.15, 0.2) is 47.7 Å². The van der Waals surface area contributed by atoms with Crippen molar-refractivity contribution in [1.82, 2.24) is 14.5 Å². The third kappa shape index (κ3) is 2.01. The number of methoxy groups -OCH3 is 1. The van der Waals surface area contributed by atoms with Crippen molar-refractivity contribution in [3.05, 3.63) is 59.2 Å². The molecule has 0 saturated heterocycles. The highest BCUT2D eigenvalue weighted by Gasteiger charge is 2.07. The summed E-state index contributed by atoms with van der Waals surface area (Å²) in [6.07, 6.45) is 2.68. The Morgan fingerprint density at radius 1 is 1.20 bits per heavy atom. The smallest absolute Gasteiger partial charge is 0.265 e. The molecular weight excluding hydrogens is 261 g/mol. The van der Waals surface area contributed by atoms with Crippen LogP contribution in [0.3, 0.4) is 0 Å². The van der Waals surface area contributed by atoms with E-state index in [2.05, 4.69) is 9.97 Å². The van der Waals surface area contributed by atoms with Gasteiger partial charge in [0.15, 0.2) is 0 Å². The van der Waals surface area contributed by atoms with E-state index in [0.29, 0.717) is 22.3 Å². The predicted octanol–water partition coefficient (Wildman–Crippen LogP) is 1.93. The second-order valence-electron chi connectivity index (χ2n) is 4.14. The molecule has 0 aliphatic rings. The van der Waals surface area contributed by atoms with E-state index in [1.807, 2.05) is 0 Å². The van der Waals surface area contributed by atoms with Gasteiger partial charge >= 0.3 is 0 Å². The molecule has 0 aliphatic heterocycles. The van der Waals surface area contributed by atoms with Gasteiger partial charge in [0.1, 0.15) is 12.1 Å². The standard InChI is InChI=1S/C14H10FN3O2/c1-20-10-3-4-12-11(6-10)14(19)18(8-17-12)9-2-5-13(15)16-7-9/h2-8H,1H3. The maximum Gasteiger partial charge on any atom is 0.265 e. The molecule has 0 amide bonds. The van der Waals surface area contributed by atoms with Crippen molar-refractivity contribution in [1.29, 1.82) is 0 Å². The summed E-state index contributed by atoms with van der Waals surface area (Å²) < 4.78 is 19.2. The van der Waals surface area contributed by atoms with E-state index in [4.69, 9.17) is 4.74 Å². The van der Waals surface area contributed by atoms with Crippen molar-refractivity contribution in [3.8, 4) is 11.4 Å². The normalized spacial score (nSPS) is 10.7. The molecule has 100 valence electrons. The zero-order chi connectivity index (χ0) is 14.1. The van der Waals surface area contributed by atoms with Gasteiger partial charge in [-0.15, -0.1) is 0 Å². The lowest BCUT2D eigenvalue weighted by Crippen LogP contribution is -2.19. The number of hydrogen-bond acceptors (Lipinski definition) is 4. The Balaban J connectivity index is 2.24. The van der Waals surface area contributed by atoms with Crippen molar-refractivity contribution in [3.63, 3.8) is 0 Å². The minimum absolute atomic E-state index is 0.262. The molecule has 1 aromatic carbocycles. The molecule has 0 fully saturated rings. The molecule has 3 aromatic rings. The summed E-state index contributed by atoms with van der Waals surface area (Å²) >= 11 is 0. The van der Waals surface area contributed by atoms with Crippen LogP contribution in [0.5, 0.6) is 5.75 Å². The summed E-state index contributed by atoms with van der Waals surface area (Å²) in [5.41, 5.74) is 0.762. The lowest BCUT2D eigenvalue weighted by Gasteiger charge is -2.07. The Bertz CT molecular complexity index is 828. The minimum Gasteiger partial charge on any atom is -0.497 e. The Morgan fingerprint density at radius 2 is 2.05 bits per heavy atom. The molecule has 0 aliphatic carbocycles. The average Bonchev–Trinajstić information content (AvgIpc) is 2.49. The fourth-order valence-corrected chi connectivity index (χ4v) is 1.92. The van der Waals surface area contributed by atoms with E-state index in [1.165, 1.54) is 36.3 Å². The topological polar surface area (TPSA) is 57.0 Å². The summed E-state index contributed by atoms with van der Waals surface area (Å²) in [6, 6.07) is 7.73. The Morgan fingerprint density at radius 3 is 2.75 bits per heavy atom. The molecule has 2 aromatic heterocycles. The predicted molar refractivity (Wildman–Crippen MR) is 71.6 cm³/mol. The van der Waals surface area contributed by atoms with Crippen LogP contribution in [0, 0.1) is 5.95 Å². The van der Waals surface area contributed by atoms with Gasteiger partial charge < -0.3 is 4.74 Å². The molecule has 0 atom stereocenters. The molecule has 0 bridgehead atoms. The highest BCUT2D eigenvalue weighted by atomic mass is 19.1. The monoisotopic (exact) mass is 271 g/mol. The van der Waals surface area contributed by atoms with Gasteiger partial charge in [-0.3, -0.25) is 9.36 Å². The first kappa shape index (κ1) is 12.3. The third-order valence-corrected chi connectivity index (χ3v) is 2.96. The molecule has 0 N–H and O–H groups in total. The van der Waals surface area contributed by atoms with Gasteiger partial charge in [-0.05, 0) is 30.3 Å². The highest BCUT2D eigenvalue weighted by molar-refractivity contribution is 5.79. The second-order valence-corrected chi connectivity index (χ2v) is 4.14. The summed E-state index contributed by atoms with van der Waals surface area (Å²) in [4.78, 5) is 20.2. The Hall–Kier alpha value is -2.76. The Labute approximate surface area is 113 Å². The second kappa shape index (κ2) is 4.73. The van der Waals surface area contributed by atoms with Gasteiger partial charge in [0.05, 0.1) is 29.9 Å². The van der Waals surface area contributed by atoms with E-state index < -0.39 is 5.95 Å². The zero-order valence-corrected chi connectivity index (χ0v) is 10.6. The molecule has 6 heteroatoms. The van der Waals surface area contributed by atoms with Crippen LogP contribution >= 0.6 is 0 Å². The molecular formula is C14H10FN3O2. The molecule has 2 heterocycles. The van der Waals surface area contributed by atoms with Crippen LogP contribution in [0.2, 0.25) is 0 Å². The van der Waals surface area contributed by atoms with Gasteiger partial charge in [0.25, 0.3) is 5.56 Å². The summed E-state index contributed by atoms with van der Waals surface area (Å²) in [7, 11) is 1.53. The van der Waals surface area contributed by atoms with Gasteiger partial charge in [0.2, 0.25) is 5.95 Å². The van der Waals surface area contributed by atoms with Crippen molar-refractivity contribution in [2.24, 2.45) is 0 Å². The van der Waals surface area contributed by atoms with E-state index in [-0.39, 0.29) is 5.56 Å². The molecule has 5 nitrogen and oxygen atoms in total. The highest BCUT2D eigenvalue weighted by Crippen LogP contribution is 2.16. The Kier molecular flexibility index (Phi) is 2.90. The number of halogens is 1. The number of fused-ring (bicyclic) bond motifs is 1. The van der Waals surface area contributed by atoms with Gasteiger partial charge in [-0.2, -0.15) is 4.39 Å². The average molecular weight is 271 g/mol. The lowest BCUT2D eigenvalue weighted by molar-refractivity contribution is 0.415. The quantitative estimate of drug-likeness (QED) is 0.668. The van der Waals surface area contributed by atoms with Crippen molar-refractivity contribution >= 4 is 10.9 Å². The van der Waals surface area contributed by atoms with Gasteiger partial charge in [-0.25, -0.2) is 9.97 Å². The molecule has 0 radical (unpaired) electrons. The fourth-order valence-electron chi connectivity index (χ4n) is 1.92. The molecule has 20 heavy (non-hydrogen) atoms. The summed E-state index contributed by atoms with van der Waals surface area (Å²) in [5, 5.41) is 0.427. The summed E-state index contributed by atoms with van der Waals surface area (Å²) in [5.74, 6) is -0.0244. The van der Waals surface area contributed by atoms with E-state index in [0.717, 1.165) is 0 Å². The number of ether oxygens (including phenoxy) is 1. The van der Waals surface area contributed by atoms with Crippen LogP contribution < -0.4 is 10.3 Å². The number of aromatic nitrogens is 3. The molecule has 0 saturated carbocycles. The zero-order valence-electron chi connectivity index (χ0n) is 10.6. The van der Waals surface area contributed by atoms with E-state index >= 15 is 0 Å². The first-order valence-corrected chi connectivity index (χ1v) is 5.86. The van der Waals surface area contributed by atoms with Crippen LogP contribution in [0.4, 0.5) is 4.39 Å². The van der Waals surface area contributed by atoms with E-state index in [9.17, 15) is 9.18 Å². The lowest BCUT2D eigenvalue weighted by atomic mass is 10.2. The number of pyridine rings is 1.